The third-order valence-electron chi connectivity index (χ3n) is 2.27. The third-order valence-corrected chi connectivity index (χ3v) is 2.57. The van der Waals surface area contributed by atoms with Crippen molar-refractivity contribution in [3.8, 4) is 11.6 Å². The molecule has 1 heterocycles. The number of hydrogen-bond donors (Lipinski definition) is 1. The SMILES string of the molecule is CCNc1cncc(Oc2ccc(C)cc2Cl)n1. The van der Waals surface area contributed by atoms with Gasteiger partial charge >= 0.3 is 0 Å². The van der Waals surface area contributed by atoms with Gasteiger partial charge < -0.3 is 10.1 Å². The molecule has 18 heavy (non-hydrogen) atoms. The van der Waals surface area contributed by atoms with Gasteiger partial charge in [0.05, 0.1) is 17.4 Å². The quantitative estimate of drug-likeness (QED) is 0.914. The molecule has 0 amide bonds. The average molecular weight is 264 g/mol. The summed E-state index contributed by atoms with van der Waals surface area (Å²) in [5.41, 5.74) is 1.08. The van der Waals surface area contributed by atoms with Crippen molar-refractivity contribution in [2.24, 2.45) is 0 Å². The van der Waals surface area contributed by atoms with E-state index in [0.29, 0.717) is 22.5 Å². The first-order valence-electron chi connectivity index (χ1n) is 5.69. The number of anilines is 1. The second-order valence-corrected chi connectivity index (χ2v) is 4.22. The highest BCUT2D eigenvalue weighted by Gasteiger charge is 2.05. The molecule has 1 aromatic carbocycles. The van der Waals surface area contributed by atoms with E-state index in [1.807, 2.05) is 32.0 Å². The standard InChI is InChI=1S/C13H14ClN3O/c1-3-16-12-7-15-8-13(17-12)18-11-5-4-9(2)6-10(11)14/h4-8H,3H2,1-2H3,(H,16,17). The van der Waals surface area contributed by atoms with Crippen LogP contribution >= 0.6 is 11.6 Å². The predicted molar refractivity (Wildman–Crippen MR) is 72.5 cm³/mol. The van der Waals surface area contributed by atoms with Gasteiger partial charge in [0, 0.05) is 6.54 Å². The summed E-state index contributed by atoms with van der Waals surface area (Å²) in [4.78, 5) is 8.32. The predicted octanol–water partition coefficient (Wildman–Crippen LogP) is 3.66. The van der Waals surface area contributed by atoms with Gasteiger partial charge in [-0.25, -0.2) is 0 Å². The number of rotatable bonds is 4. The van der Waals surface area contributed by atoms with Gasteiger partial charge in [-0.1, -0.05) is 17.7 Å². The second kappa shape index (κ2) is 5.69. The Labute approximate surface area is 111 Å². The van der Waals surface area contributed by atoms with Crippen LogP contribution in [0, 0.1) is 6.92 Å². The molecule has 2 aromatic rings. The lowest BCUT2D eigenvalue weighted by atomic mass is 10.2. The summed E-state index contributed by atoms with van der Waals surface area (Å²) in [7, 11) is 0. The molecule has 5 heteroatoms. The Bertz CT molecular complexity index is 546. The largest absolute Gasteiger partial charge is 0.436 e. The Balaban J connectivity index is 2.20. The molecule has 2 rings (SSSR count). The van der Waals surface area contributed by atoms with Crippen molar-refractivity contribution in [1.82, 2.24) is 9.97 Å². The molecular weight excluding hydrogens is 250 g/mol. The van der Waals surface area contributed by atoms with Crippen molar-refractivity contribution in [1.29, 1.82) is 0 Å². The Morgan fingerprint density at radius 1 is 1.33 bits per heavy atom. The van der Waals surface area contributed by atoms with Crippen molar-refractivity contribution in [2.45, 2.75) is 13.8 Å². The van der Waals surface area contributed by atoms with Crippen LogP contribution in [0.1, 0.15) is 12.5 Å². The van der Waals surface area contributed by atoms with Crippen LogP contribution in [0.4, 0.5) is 5.82 Å². The summed E-state index contributed by atoms with van der Waals surface area (Å²) in [6.07, 6.45) is 3.20. The normalized spacial score (nSPS) is 10.2. The summed E-state index contributed by atoms with van der Waals surface area (Å²) in [6.45, 7) is 4.75. The van der Waals surface area contributed by atoms with E-state index in [9.17, 15) is 0 Å². The van der Waals surface area contributed by atoms with E-state index < -0.39 is 0 Å². The first kappa shape index (κ1) is 12.6. The zero-order valence-corrected chi connectivity index (χ0v) is 11.0. The van der Waals surface area contributed by atoms with Crippen LogP contribution in [-0.2, 0) is 0 Å². The van der Waals surface area contributed by atoms with E-state index in [-0.39, 0.29) is 0 Å². The van der Waals surface area contributed by atoms with Gasteiger partial charge in [0.1, 0.15) is 11.6 Å². The minimum Gasteiger partial charge on any atom is -0.436 e. The molecular formula is C13H14ClN3O. The lowest BCUT2D eigenvalue weighted by Crippen LogP contribution is -2.00. The van der Waals surface area contributed by atoms with E-state index >= 15 is 0 Å². The number of aryl methyl sites for hydroxylation is 1. The number of nitrogens with one attached hydrogen (secondary N) is 1. The summed E-state index contributed by atoms with van der Waals surface area (Å²) in [6, 6.07) is 5.60. The van der Waals surface area contributed by atoms with Crippen molar-refractivity contribution < 1.29 is 4.74 Å². The molecule has 0 unspecified atom stereocenters. The van der Waals surface area contributed by atoms with Crippen LogP contribution in [0.25, 0.3) is 0 Å². The van der Waals surface area contributed by atoms with Gasteiger partial charge in [-0.2, -0.15) is 4.98 Å². The maximum Gasteiger partial charge on any atom is 0.239 e. The highest BCUT2D eigenvalue weighted by molar-refractivity contribution is 6.32. The van der Waals surface area contributed by atoms with E-state index in [0.717, 1.165) is 12.1 Å². The van der Waals surface area contributed by atoms with Crippen molar-refractivity contribution >= 4 is 17.4 Å². The van der Waals surface area contributed by atoms with Crippen LogP contribution in [0.3, 0.4) is 0 Å². The number of hydrogen-bond acceptors (Lipinski definition) is 4. The molecule has 0 aliphatic carbocycles. The molecule has 0 fully saturated rings. The van der Waals surface area contributed by atoms with Gasteiger partial charge in [0.15, 0.2) is 0 Å². The Kier molecular flexibility index (Phi) is 3.99. The smallest absolute Gasteiger partial charge is 0.239 e. The molecule has 0 aliphatic heterocycles. The van der Waals surface area contributed by atoms with Crippen molar-refractivity contribution in [3.63, 3.8) is 0 Å². The zero-order valence-electron chi connectivity index (χ0n) is 10.3. The number of benzene rings is 1. The summed E-state index contributed by atoms with van der Waals surface area (Å²) in [5, 5.41) is 3.63. The Morgan fingerprint density at radius 3 is 2.89 bits per heavy atom. The molecule has 0 aliphatic rings. The van der Waals surface area contributed by atoms with E-state index in [2.05, 4.69) is 15.3 Å². The first-order chi connectivity index (χ1) is 8.69. The first-order valence-corrected chi connectivity index (χ1v) is 6.06. The molecule has 0 spiro atoms. The topological polar surface area (TPSA) is 47.0 Å². The summed E-state index contributed by atoms with van der Waals surface area (Å²) in [5.74, 6) is 1.67. The second-order valence-electron chi connectivity index (χ2n) is 3.81. The maximum absolute atomic E-state index is 6.09. The van der Waals surface area contributed by atoms with E-state index in [1.165, 1.54) is 0 Å². The van der Waals surface area contributed by atoms with Gasteiger partial charge in [0.25, 0.3) is 0 Å². The van der Waals surface area contributed by atoms with Crippen LogP contribution in [0.5, 0.6) is 11.6 Å². The van der Waals surface area contributed by atoms with Crippen LogP contribution in [0.15, 0.2) is 30.6 Å². The highest BCUT2D eigenvalue weighted by atomic mass is 35.5. The number of aromatic nitrogens is 2. The highest BCUT2D eigenvalue weighted by Crippen LogP contribution is 2.29. The molecule has 0 radical (unpaired) electrons. The fraction of sp³-hybridized carbons (Fsp3) is 0.231. The zero-order chi connectivity index (χ0) is 13.0. The number of ether oxygens (including phenoxy) is 1. The third kappa shape index (κ3) is 3.11. The molecule has 0 saturated heterocycles. The Hall–Kier alpha value is -1.81. The minimum absolute atomic E-state index is 0.416. The van der Waals surface area contributed by atoms with Gasteiger partial charge in [-0.05, 0) is 31.5 Å². The fourth-order valence-electron chi connectivity index (χ4n) is 1.46. The molecule has 0 atom stereocenters. The summed E-state index contributed by atoms with van der Waals surface area (Å²) >= 11 is 6.09. The van der Waals surface area contributed by atoms with Crippen molar-refractivity contribution in [3.05, 3.63) is 41.2 Å². The molecule has 0 bridgehead atoms. The molecule has 94 valence electrons. The van der Waals surface area contributed by atoms with Crippen LogP contribution in [0.2, 0.25) is 5.02 Å². The van der Waals surface area contributed by atoms with Crippen LogP contribution < -0.4 is 10.1 Å². The minimum atomic E-state index is 0.416. The van der Waals surface area contributed by atoms with Crippen LogP contribution in [-0.4, -0.2) is 16.5 Å². The number of nitrogens with zero attached hydrogens (tertiary/aromatic N) is 2. The number of halogens is 1. The summed E-state index contributed by atoms with van der Waals surface area (Å²) < 4.78 is 5.61. The Morgan fingerprint density at radius 2 is 2.17 bits per heavy atom. The lowest BCUT2D eigenvalue weighted by Gasteiger charge is -2.08. The average Bonchev–Trinajstić information content (AvgIpc) is 2.34. The molecule has 4 nitrogen and oxygen atoms in total. The van der Waals surface area contributed by atoms with Crippen molar-refractivity contribution in [2.75, 3.05) is 11.9 Å². The van der Waals surface area contributed by atoms with E-state index in [4.69, 9.17) is 16.3 Å². The van der Waals surface area contributed by atoms with Gasteiger partial charge in [0.2, 0.25) is 5.88 Å². The monoisotopic (exact) mass is 263 g/mol. The lowest BCUT2D eigenvalue weighted by molar-refractivity contribution is 0.461. The van der Waals surface area contributed by atoms with Gasteiger partial charge in [-0.15, -0.1) is 0 Å². The molecule has 1 aromatic heterocycles. The molecule has 0 saturated carbocycles. The van der Waals surface area contributed by atoms with Gasteiger partial charge in [-0.3, -0.25) is 4.98 Å². The maximum atomic E-state index is 6.09. The molecule has 1 N–H and O–H groups in total. The fourth-order valence-corrected chi connectivity index (χ4v) is 1.74. The van der Waals surface area contributed by atoms with E-state index in [1.54, 1.807) is 12.4 Å².